The van der Waals surface area contributed by atoms with Crippen LogP contribution < -0.4 is 0 Å². The average Bonchev–Trinajstić information content (AvgIpc) is 3.39. The van der Waals surface area contributed by atoms with E-state index in [0.717, 1.165) is 33.5 Å². The van der Waals surface area contributed by atoms with Gasteiger partial charge in [-0.25, -0.2) is 4.98 Å². The highest BCUT2D eigenvalue weighted by molar-refractivity contribution is 5.96. The second-order valence-corrected chi connectivity index (χ2v) is 7.78. The molecular formula is C22H18N8. The predicted molar refractivity (Wildman–Crippen MR) is 110 cm³/mol. The minimum atomic E-state index is -0.502. The highest BCUT2D eigenvalue weighted by Crippen LogP contribution is 2.45. The second-order valence-electron chi connectivity index (χ2n) is 7.78. The van der Waals surface area contributed by atoms with E-state index in [1.165, 1.54) is 0 Å². The Bertz CT molecular complexity index is 1330. The quantitative estimate of drug-likeness (QED) is 0.563. The van der Waals surface area contributed by atoms with E-state index in [-0.39, 0.29) is 12.3 Å². The van der Waals surface area contributed by atoms with Gasteiger partial charge in [-0.1, -0.05) is 6.07 Å². The van der Waals surface area contributed by atoms with Gasteiger partial charge in [-0.2, -0.15) is 25.5 Å². The van der Waals surface area contributed by atoms with Crippen molar-refractivity contribution in [2.24, 2.45) is 5.92 Å². The zero-order valence-corrected chi connectivity index (χ0v) is 16.4. The van der Waals surface area contributed by atoms with Crippen molar-refractivity contribution >= 4 is 10.9 Å². The van der Waals surface area contributed by atoms with Crippen LogP contribution in [0.4, 0.5) is 0 Å². The van der Waals surface area contributed by atoms with Crippen LogP contribution in [0, 0.1) is 35.5 Å². The molecule has 1 N–H and O–H groups in total. The molecular weight excluding hydrogens is 376 g/mol. The number of H-pyrrole nitrogens is 1. The molecule has 0 bridgehead atoms. The number of nitriles is 2. The first-order valence-corrected chi connectivity index (χ1v) is 9.73. The monoisotopic (exact) mass is 394 g/mol. The van der Waals surface area contributed by atoms with Gasteiger partial charge in [0, 0.05) is 28.9 Å². The maximum atomic E-state index is 9.30. The molecule has 1 saturated carbocycles. The average molecular weight is 394 g/mol. The zero-order valence-electron chi connectivity index (χ0n) is 16.4. The molecule has 5 rings (SSSR count). The van der Waals surface area contributed by atoms with Gasteiger partial charge in [0.15, 0.2) is 0 Å². The molecule has 4 aromatic rings. The summed E-state index contributed by atoms with van der Waals surface area (Å²) in [4.78, 5) is 13.8. The van der Waals surface area contributed by atoms with Crippen molar-refractivity contribution in [3.63, 3.8) is 0 Å². The van der Waals surface area contributed by atoms with Crippen molar-refractivity contribution in [2.75, 3.05) is 0 Å². The van der Waals surface area contributed by atoms with E-state index in [9.17, 15) is 10.5 Å². The fraction of sp³-hybridized carbons (Fsp3) is 0.273. The first kappa shape index (κ1) is 18.0. The molecule has 0 saturated heterocycles. The van der Waals surface area contributed by atoms with Gasteiger partial charge in [-0.05, 0) is 38.0 Å². The van der Waals surface area contributed by atoms with Gasteiger partial charge in [-0.15, -0.1) is 0 Å². The lowest BCUT2D eigenvalue weighted by Crippen LogP contribution is -2.47. The normalized spacial score (nSPS) is 20.4. The van der Waals surface area contributed by atoms with E-state index in [4.69, 9.17) is 5.10 Å². The molecule has 8 heteroatoms. The Labute approximate surface area is 172 Å². The fourth-order valence-corrected chi connectivity index (χ4v) is 4.20. The molecule has 0 unspecified atom stereocenters. The van der Waals surface area contributed by atoms with E-state index in [2.05, 4.69) is 32.2 Å². The standard InChI is InChI=1S/C22H18N8/c1-14-26-12-20(28-14)16-7-18(17-3-2-6-25-19(17)8-16)21-13-27-30(29-21)22(4-5-23)9-15(10-22)11-24/h2-3,6-8,12-13,15H,4,9-10H2,1H3,(H,26,28). The number of rotatable bonds is 4. The lowest BCUT2D eigenvalue weighted by Gasteiger charge is -2.42. The zero-order chi connectivity index (χ0) is 20.7. The molecule has 0 atom stereocenters. The molecule has 146 valence electrons. The number of aryl methyl sites for hydroxylation is 1. The van der Waals surface area contributed by atoms with Crippen LogP contribution in [0.5, 0.6) is 0 Å². The van der Waals surface area contributed by atoms with Crippen LogP contribution in [0.1, 0.15) is 25.1 Å². The van der Waals surface area contributed by atoms with Crippen molar-refractivity contribution in [1.82, 2.24) is 29.9 Å². The molecule has 0 radical (unpaired) electrons. The molecule has 0 aliphatic heterocycles. The first-order valence-electron chi connectivity index (χ1n) is 9.73. The van der Waals surface area contributed by atoms with Crippen LogP contribution in [-0.4, -0.2) is 29.9 Å². The maximum Gasteiger partial charge on any atom is 0.113 e. The van der Waals surface area contributed by atoms with E-state index in [0.29, 0.717) is 18.5 Å². The molecule has 3 heterocycles. The Morgan fingerprint density at radius 1 is 1.27 bits per heavy atom. The van der Waals surface area contributed by atoms with Crippen molar-refractivity contribution in [3.8, 4) is 34.7 Å². The maximum absolute atomic E-state index is 9.30. The minimum Gasteiger partial charge on any atom is -0.348 e. The van der Waals surface area contributed by atoms with Gasteiger partial charge in [0.05, 0.1) is 47.4 Å². The number of aromatic amines is 1. The SMILES string of the molecule is Cc1nc(-c2cc(-c3cnn(C4(CC#N)CC(C#N)C4)n3)c3cccnc3c2)c[nH]1. The van der Waals surface area contributed by atoms with Crippen LogP contribution >= 0.6 is 0 Å². The molecule has 0 amide bonds. The topological polar surface area (TPSA) is 120 Å². The third kappa shape index (κ3) is 2.82. The first-order chi connectivity index (χ1) is 14.6. The Morgan fingerprint density at radius 2 is 2.13 bits per heavy atom. The summed E-state index contributed by atoms with van der Waals surface area (Å²) in [6.45, 7) is 1.91. The molecule has 1 aliphatic carbocycles. The molecule has 0 spiro atoms. The summed E-state index contributed by atoms with van der Waals surface area (Å²) >= 11 is 0. The van der Waals surface area contributed by atoms with Gasteiger partial charge in [0.25, 0.3) is 0 Å². The molecule has 30 heavy (non-hydrogen) atoms. The number of benzene rings is 1. The third-order valence-electron chi connectivity index (χ3n) is 5.76. The summed E-state index contributed by atoms with van der Waals surface area (Å²) in [6, 6.07) is 12.5. The van der Waals surface area contributed by atoms with Gasteiger partial charge in [-0.3, -0.25) is 4.98 Å². The van der Waals surface area contributed by atoms with Crippen LogP contribution in [0.2, 0.25) is 0 Å². The van der Waals surface area contributed by atoms with Crippen LogP contribution in [-0.2, 0) is 5.54 Å². The second kappa shape index (κ2) is 6.78. The molecule has 1 fully saturated rings. The number of hydrogen-bond donors (Lipinski definition) is 1. The third-order valence-corrected chi connectivity index (χ3v) is 5.76. The summed E-state index contributed by atoms with van der Waals surface area (Å²) < 4.78 is 0. The number of imidazole rings is 1. The summed E-state index contributed by atoms with van der Waals surface area (Å²) in [5.74, 6) is 0.790. The van der Waals surface area contributed by atoms with Gasteiger partial charge in [0.2, 0.25) is 0 Å². The predicted octanol–water partition coefficient (Wildman–Crippen LogP) is 3.73. The molecule has 1 aliphatic rings. The summed E-state index contributed by atoms with van der Waals surface area (Å²) in [5.41, 5.74) is 3.74. The van der Waals surface area contributed by atoms with Crippen molar-refractivity contribution in [3.05, 3.63) is 48.7 Å². The summed E-state index contributed by atoms with van der Waals surface area (Å²) in [6.07, 6.45) is 6.84. The van der Waals surface area contributed by atoms with Crippen LogP contribution in [0.15, 0.2) is 42.9 Å². The highest BCUT2D eigenvalue weighted by Gasteiger charge is 2.48. The van der Waals surface area contributed by atoms with Crippen LogP contribution in [0.25, 0.3) is 33.4 Å². The van der Waals surface area contributed by atoms with E-state index in [1.54, 1.807) is 17.2 Å². The number of hydrogen-bond acceptors (Lipinski definition) is 6. The van der Waals surface area contributed by atoms with Crippen molar-refractivity contribution < 1.29 is 0 Å². The van der Waals surface area contributed by atoms with E-state index >= 15 is 0 Å². The number of nitrogens with one attached hydrogen (secondary N) is 1. The number of aromatic nitrogens is 6. The smallest absolute Gasteiger partial charge is 0.113 e. The van der Waals surface area contributed by atoms with Crippen molar-refractivity contribution in [2.45, 2.75) is 31.7 Å². The molecule has 3 aromatic heterocycles. The minimum absolute atomic E-state index is 0.0518. The Morgan fingerprint density at radius 3 is 2.87 bits per heavy atom. The van der Waals surface area contributed by atoms with E-state index in [1.807, 2.05) is 37.4 Å². The molecule has 8 nitrogen and oxygen atoms in total. The van der Waals surface area contributed by atoms with Crippen LogP contribution in [0.3, 0.4) is 0 Å². The van der Waals surface area contributed by atoms with Gasteiger partial charge in [0.1, 0.15) is 11.5 Å². The lowest BCUT2D eigenvalue weighted by molar-refractivity contribution is 0.0713. The Hall–Kier alpha value is -4.04. The number of pyridine rings is 1. The van der Waals surface area contributed by atoms with Gasteiger partial charge >= 0.3 is 0 Å². The highest BCUT2D eigenvalue weighted by atomic mass is 15.5. The lowest BCUT2D eigenvalue weighted by atomic mass is 9.68. The number of fused-ring (bicyclic) bond motifs is 1. The van der Waals surface area contributed by atoms with Gasteiger partial charge < -0.3 is 4.98 Å². The Balaban J connectivity index is 1.62. The van der Waals surface area contributed by atoms with Crippen molar-refractivity contribution in [1.29, 1.82) is 10.5 Å². The summed E-state index contributed by atoms with van der Waals surface area (Å²) in [7, 11) is 0. The van der Waals surface area contributed by atoms with E-state index < -0.39 is 5.54 Å². The largest absolute Gasteiger partial charge is 0.348 e. The molecule has 1 aromatic carbocycles. The summed E-state index contributed by atoms with van der Waals surface area (Å²) in [5, 5.41) is 28.7. The Kier molecular flexibility index (Phi) is 4.07. The number of nitrogens with zero attached hydrogens (tertiary/aromatic N) is 7. The fourth-order valence-electron chi connectivity index (χ4n) is 4.20.